The van der Waals surface area contributed by atoms with Gasteiger partial charge in [-0.15, -0.1) is 12.4 Å². The van der Waals surface area contributed by atoms with Crippen LogP contribution in [0.25, 0.3) is 5.69 Å². The number of carbonyl (C=O) groups is 1. The Morgan fingerprint density at radius 1 is 1.18 bits per heavy atom. The van der Waals surface area contributed by atoms with Crippen LogP contribution in [0.4, 0.5) is 0 Å². The van der Waals surface area contributed by atoms with E-state index in [1.54, 1.807) is 0 Å². The molecule has 2 heterocycles. The minimum atomic E-state index is 0. The van der Waals surface area contributed by atoms with Crippen LogP contribution in [0.5, 0.6) is 0 Å². The Morgan fingerprint density at radius 3 is 2.68 bits per heavy atom. The highest BCUT2D eigenvalue weighted by Gasteiger charge is 2.43. The van der Waals surface area contributed by atoms with E-state index in [1.165, 1.54) is 16.8 Å². The van der Waals surface area contributed by atoms with Gasteiger partial charge in [0.1, 0.15) is 0 Å². The Bertz CT molecular complexity index is 875. The second-order valence-corrected chi connectivity index (χ2v) is 8.43. The van der Waals surface area contributed by atoms with Gasteiger partial charge in [-0.1, -0.05) is 19.1 Å². The molecule has 1 saturated heterocycles. The molecule has 1 amide bonds. The SMILES string of the molecule is CCc1ccc(-n2nc(C(=O)N3CC4CCC(N)C4C3)c3c2CCC3)cc1.Cl. The number of fused-ring (bicyclic) bond motifs is 2. The number of nitrogens with two attached hydrogens (primary N) is 1. The van der Waals surface area contributed by atoms with Crippen LogP contribution in [-0.4, -0.2) is 39.7 Å². The second kappa shape index (κ2) is 7.53. The van der Waals surface area contributed by atoms with Crippen molar-refractivity contribution in [2.75, 3.05) is 13.1 Å². The topological polar surface area (TPSA) is 64.2 Å². The first kappa shape index (κ1) is 19.5. The van der Waals surface area contributed by atoms with Crippen molar-refractivity contribution < 1.29 is 4.79 Å². The summed E-state index contributed by atoms with van der Waals surface area (Å²) in [4.78, 5) is 15.3. The summed E-state index contributed by atoms with van der Waals surface area (Å²) < 4.78 is 2.01. The molecule has 2 aromatic rings. The summed E-state index contributed by atoms with van der Waals surface area (Å²) in [6.07, 6.45) is 6.36. The van der Waals surface area contributed by atoms with E-state index in [4.69, 9.17) is 10.8 Å². The van der Waals surface area contributed by atoms with Crippen LogP contribution >= 0.6 is 12.4 Å². The smallest absolute Gasteiger partial charge is 0.274 e. The van der Waals surface area contributed by atoms with Crippen LogP contribution in [0.2, 0.25) is 0 Å². The molecule has 2 N–H and O–H groups in total. The van der Waals surface area contributed by atoms with E-state index >= 15 is 0 Å². The fourth-order valence-corrected chi connectivity index (χ4v) is 5.32. The van der Waals surface area contributed by atoms with E-state index in [1.807, 2.05) is 9.58 Å². The molecule has 5 nitrogen and oxygen atoms in total. The van der Waals surface area contributed by atoms with E-state index in [0.29, 0.717) is 17.5 Å². The first-order chi connectivity index (χ1) is 13.2. The number of nitrogens with zero attached hydrogens (tertiary/aromatic N) is 3. The Labute approximate surface area is 172 Å². The molecule has 2 fully saturated rings. The second-order valence-electron chi connectivity index (χ2n) is 8.43. The van der Waals surface area contributed by atoms with Crippen molar-refractivity contribution in [3.63, 3.8) is 0 Å². The van der Waals surface area contributed by atoms with Crippen LogP contribution < -0.4 is 5.73 Å². The number of hydrogen-bond acceptors (Lipinski definition) is 3. The zero-order valence-electron chi connectivity index (χ0n) is 16.4. The van der Waals surface area contributed by atoms with Gasteiger partial charge in [-0.05, 0) is 68.1 Å². The van der Waals surface area contributed by atoms with Crippen molar-refractivity contribution in [3.05, 3.63) is 46.8 Å². The molecular formula is C22H29ClN4O. The van der Waals surface area contributed by atoms with Crippen molar-refractivity contribution in [2.45, 2.75) is 51.5 Å². The van der Waals surface area contributed by atoms with Crippen LogP contribution in [0, 0.1) is 11.8 Å². The lowest BCUT2D eigenvalue weighted by Gasteiger charge is -2.18. The molecule has 6 heteroatoms. The van der Waals surface area contributed by atoms with Gasteiger partial charge in [-0.25, -0.2) is 4.68 Å². The number of halogens is 1. The van der Waals surface area contributed by atoms with Gasteiger partial charge in [0, 0.05) is 30.4 Å². The van der Waals surface area contributed by atoms with Crippen molar-refractivity contribution in [1.82, 2.24) is 14.7 Å². The molecule has 1 aromatic carbocycles. The van der Waals surface area contributed by atoms with Gasteiger partial charge in [0.25, 0.3) is 5.91 Å². The highest BCUT2D eigenvalue weighted by atomic mass is 35.5. The lowest BCUT2D eigenvalue weighted by molar-refractivity contribution is 0.0772. The van der Waals surface area contributed by atoms with Crippen LogP contribution in [0.1, 0.15) is 53.5 Å². The summed E-state index contributed by atoms with van der Waals surface area (Å²) in [5, 5.41) is 4.81. The average Bonchev–Trinajstić information content (AvgIpc) is 3.44. The highest BCUT2D eigenvalue weighted by Crippen LogP contribution is 2.38. The summed E-state index contributed by atoms with van der Waals surface area (Å²) in [6.45, 7) is 3.82. The number of aryl methyl sites for hydroxylation is 1. The molecule has 0 bridgehead atoms. The molecule has 1 aromatic heterocycles. The van der Waals surface area contributed by atoms with Gasteiger partial charge in [-0.3, -0.25) is 4.79 Å². The molecule has 5 rings (SSSR count). The third-order valence-electron chi connectivity index (χ3n) is 6.92. The monoisotopic (exact) mass is 400 g/mol. The molecule has 3 atom stereocenters. The Morgan fingerprint density at radius 2 is 1.96 bits per heavy atom. The minimum Gasteiger partial charge on any atom is -0.337 e. The molecule has 0 spiro atoms. The summed E-state index contributed by atoms with van der Waals surface area (Å²) >= 11 is 0. The largest absolute Gasteiger partial charge is 0.337 e. The molecule has 150 valence electrons. The third-order valence-corrected chi connectivity index (χ3v) is 6.92. The fraction of sp³-hybridized carbons (Fsp3) is 0.545. The van der Waals surface area contributed by atoms with E-state index in [9.17, 15) is 4.79 Å². The van der Waals surface area contributed by atoms with Crippen molar-refractivity contribution in [2.24, 2.45) is 17.6 Å². The van der Waals surface area contributed by atoms with Crippen LogP contribution in [0.3, 0.4) is 0 Å². The molecular weight excluding hydrogens is 372 g/mol. The normalized spacial score (nSPS) is 25.5. The van der Waals surface area contributed by atoms with Gasteiger partial charge >= 0.3 is 0 Å². The van der Waals surface area contributed by atoms with Gasteiger partial charge in [0.15, 0.2) is 5.69 Å². The maximum atomic E-state index is 13.3. The molecule has 1 saturated carbocycles. The zero-order valence-corrected chi connectivity index (χ0v) is 17.3. The quantitative estimate of drug-likeness (QED) is 0.860. The summed E-state index contributed by atoms with van der Waals surface area (Å²) in [5.74, 6) is 1.17. The summed E-state index contributed by atoms with van der Waals surface area (Å²) in [6, 6.07) is 8.81. The Kier molecular flexibility index (Phi) is 5.23. The number of benzene rings is 1. The first-order valence-electron chi connectivity index (χ1n) is 10.4. The van der Waals surface area contributed by atoms with Gasteiger partial charge < -0.3 is 10.6 Å². The van der Waals surface area contributed by atoms with Gasteiger partial charge in [-0.2, -0.15) is 5.10 Å². The van der Waals surface area contributed by atoms with E-state index < -0.39 is 0 Å². The first-order valence-corrected chi connectivity index (χ1v) is 10.4. The average molecular weight is 401 g/mol. The molecule has 2 aliphatic carbocycles. The number of carbonyl (C=O) groups excluding carboxylic acids is 1. The number of hydrogen-bond donors (Lipinski definition) is 1. The Hall–Kier alpha value is -1.85. The number of aromatic nitrogens is 2. The summed E-state index contributed by atoms with van der Waals surface area (Å²) in [5.41, 5.74) is 11.7. The van der Waals surface area contributed by atoms with E-state index in [2.05, 4.69) is 31.2 Å². The molecule has 0 radical (unpaired) electrons. The lowest BCUT2D eigenvalue weighted by atomic mass is 9.98. The highest BCUT2D eigenvalue weighted by molar-refractivity contribution is 5.94. The molecule has 28 heavy (non-hydrogen) atoms. The molecule has 3 unspecified atom stereocenters. The van der Waals surface area contributed by atoms with Gasteiger partial charge in [0.2, 0.25) is 0 Å². The maximum Gasteiger partial charge on any atom is 0.274 e. The molecule has 1 aliphatic heterocycles. The number of likely N-dealkylation sites (tertiary alicyclic amines) is 1. The summed E-state index contributed by atoms with van der Waals surface area (Å²) in [7, 11) is 0. The fourth-order valence-electron chi connectivity index (χ4n) is 5.32. The zero-order chi connectivity index (χ0) is 18.5. The minimum absolute atomic E-state index is 0. The number of amides is 1. The molecule has 3 aliphatic rings. The predicted molar refractivity (Wildman–Crippen MR) is 112 cm³/mol. The maximum absolute atomic E-state index is 13.3. The van der Waals surface area contributed by atoms with Crippen molar-refractivity contribution in [1.29, 1.82) is 0 Å². The van der Waals surface area contributed by atoms with Crippen LogP contribution in [0.15, 0.2) is 24.3 Å². The lowest BCUT2D eigenvalue weighted by Crippen LogP contribution is -2.34. The van der Waals surface area contributed by atoms with E-state index in [0.717, 1.165) is 57.3 Å². The van der Waals surface area contributed by atoms with Crippen LogP contribution in [-0.2, 0) is 19.3 Å². The number of rotatable bonds is 3. The van der Waals surface area contributed by atoms with E-state index in [-0.39, 0.29) is 24.4 Å². The predicted octanol–water partition coefficient (Wildman–Crippen LogP) is 3.15. The van der Waals surface area contributed by atoms with Gasteiger partial charge in [0.05, 0.1) is 5.69 Å². The standard InChI is InChI=1S/C22H28N4O.ClH/c1-2-14-6-9-16(10-7-14)26-20-5-3-4-17(20)21(24-26)22(27)25-12-15-8-11-19(23)18(15)13-25;/h6-7,9-10,15,18-19H,2-5,8,11-13,23H2,1H3;1H. The third kappa shape index (κ3) is 3.05. The Balaban J connectivity index is 0.00000192. The van der Waals surface area contributed by atoms with Crippen molar-refractivity contribution >= 4 is 18.3 Å². The van der Waals surface area contributed by atoms with Crippen molar-refractivity contribution in [3.8, 4) is 5.69 Å².